The number of fused-ring (bicyclic) bond motifs is 3. The SMILES string of the molecule is CS(=O)(=O)c1ccc(-n2nc(C(F)(F)F)c3c2C2CCCCC2CC3)nc1. The Balaban J connectivity index is 1.87. The third kappa shape index (κ3) is 3.26. The van der Waals surface area contributed by atoms with E-state index in [1.54, 1.807) is 0 Å². The number of hydrogen-bond donors (Lipinski definition) is 0. The number of aromatic nitrogens is 3. The number of hydrogen-bond acceptors (Lipinski definition) is 4. The monoisotopic (exact) mass is 399 g/mol. The number of halogens is 3. The molecule has 0 N–H and O–H groups in total. The minimum Gasteiger partial charge on any atom is -0.236 e. The van der Waals surface area contributed by atoms with E-state index in [2.05, 4.69) is 10.1 Å². The Labute approximate surface area is 155 Å². The molecule has 2 aromatic rings. The van der Waals surface area contributed by atoms with E-state index < -0.39 is 21.7 Å². The van der Waals surface area contributed by atoms with Gasteiger partial charge in [0.1, 0.15) is 0 Å². The molecule has 2 heterocycles. The normalized spacial score (nSPS) is 23.0. The van der Waals surface area contributed by atoms with E-state index in [9.17, 15) is 21.6 Å². The fraction of sp³-hybridized carbons (Fsp3) is 0.556. The van der Waals surface area contributed by atoms with Crippen molar-refractivity contribution in [1.82, 2.24) is 14.8 Å². The first kappa shape index (κ1) is 18.5. The number of pyridine rings is 1. The minimum absolute atomic E-state index is 0.0267. The third-order valence-corrected chi connectivity index (χ3v) is 6.78. The fourth-order valence-corrected chi connectivity index (χ4v) is 5.01. The zero-order chi connectivity index (χ0) is 19.4. The van der Waals surface area contributed by atoms with Crippen LogP contribution in [0.15, 0.2) is 23.2 Å². The van der Waals surface area contributed by atoms with E-state index in [-0.39, 0.29) is 22.2 Å². The van der Waals surface area contributed by atoms with E-state index in [4.69, 9.17) is 0 Å². The summed E-state index contributed by atoms with van der Waals surface area (Å²) in [4.78, 5) is 4.14. The maximum Gasteiger partial charge on any atom is 0.435 e. The quantitative estimate of drug-likeness (QED) is 0.768. The van der Waals surface area contributed by atoms with Crippen molar-refractivity contribution in [3.8, 4) is 5.82 Å². The lowest BCUT2D eigenvalue weighted by molar-refractivity contribution is -0.142. The molecule has 5 nitrogen and oxygen atoms in total. The number of alkyl halides is 3. The summed E-state index contributed by atoms with van der Waals surface area (Å²) >= 11 is 0. The Morgan fingerprint density at radius 2 is 1.89 bits per heavy atom. The Kier molecular flexibility index (Phi) is 4.32. The van der Waals surface area contributed by atoms with Crippen molar-refractivity contribution in [2.24, 2.45) is 5.92 Å². The molecule has 0 amide bonds. The second kappa shape index (κ2) is 6.32. The molecular formula is C18H20F3N3O2S. The van der Waals surface area contributed by atoms with Crippen LogP contribution in [0.2, 0.25) is 0 Å². The van der Waals surface area contributed by atoms with Gasteiger partial charge in [-0.3, -0.25) is 0 Å². The Morgan fingerprint density at radius 3 is 2.52 bits per heavy atom. The van der Waals surface area contributed by atoms with Crippen LogP contribution < -0.4 is 0 Å². The van der Waals surface area contributed by atoms with Gasteiger partial charge < -0.3 is 0 Å². The van der Waals surface area contributed by atoms with Gasteiger partial charge in [-0.1, -0.05) is 12.8 Å². The molecule has 1 fully saturated rings. The van der Waals surface area contributed by atoms with Crippen LogP contribution in [-0.2, 0) is 22.4 Å². The topological polar surface area (TPSA) is 64.8 Å². The smallest absolute Gasteiger partial charge is 0.236 e. The van der Waals surface area contributed by atoms with Gasteiger partial charge in [0.15, 0.2) is 21.3 Å². The van der Waals surface area contributed by atoms with Crippen LogP contribution in [0.5, 0.6) is 0 Å². The Bertz CT molecular complexity index is 965. The second-order valence-electron chi connectivity index (χ2n) is 7.44. The average molecular weight is 399 g/mol. The van der Waals surface area contributed by atoms with Crippen molar-refractivity contribution >= 4 is 9.84 Å². The van der Waals surface area contributed by atoms with Crippen LogP contribution in [0, 0.1) is 5.92 Å². The summed E-state index contributed by atoms with van der Waals surface area (Å²) in [6, 6.07) is 2.79. The van der Waals surface area contributed by atoms with E-state index >= 15 is 0 Å². The fourth-order valence-electron chi connectivity index (χ4n) is 4.45. The van der Waals surface area contributed by atoms with Crippen LogP contribution in [0.1, 0.15) is 55.0 Å². The molecule has 0 bridgehead atoms. The Morgan fingerprint density at radius 1 is 1.15 bits per heavy atom. The molecule has 146 valence electrons. The summed E-state index contributed by atoms with van der Waals surface area (Å²) in [6.07, 6.45) is 2.81. The summed E-state index contributed by atoms with van der Waals surface area (Å²) in [5, 5.41) is 3.90. The van der Waals surface area contributed by atoms with Gasteiger partial charge in [0, 0.05) is 23.9 Å². The van der Waals surface area contributed by atoms with Crippen LogP contribution in [-0.4, -0.2) is 29.4 Å². The summed E-state index contributed by atoms with van der Waals surface area (Å²) in [6.45, 7) is 0. The molecule has 0 radical (unpaired) electrons. The highest BCUT2D eigenvalue weighted by molar-refractivity contribution is 7.90. The van der Waals surface area contributed by atoms with Gasteiger partial charge in [-0.05, 0) is 43.7 Å². The molecular weight excluding hydrogens is 379 g/mol. The Hall–Kier alpha value is -1.90. The highest BCUT2D eigenvalue weighted by Gasteiger charge is 2.44. The predicted octanol–water partition coefficient (Wildman–Crippen LogP) is 3.91. The molecule has 1 saturated carbocycles. The van der Waals surface area contributed by atoms with Crippen molar-refractivity contribution in [2.45, 2.75) is 55.5 Å². The standard InChI is InChI=1S/C18H20F3N3O2S/c1-27(25,26)12-7-9-15(22-10-12)24-16-13-5-3-2-4-11(13)6-8-14(16)17(23-24)18(19,20)21/h7,9-11,13H,2-6,8H2,1H3. The van der Waals surface area contributed by atoms with Crippen LogP contribution in [0.3, 0.4) is 0 Å². The van der Waals surface area contributed by atoms with Gasteiger partial charge in [0.2, 0.25) is 0 Å². The van der Waals surface area contributed by atoms with Crippen molar-refractivity contribution in [2.75, 3.05) is 6.26 Å². The zero-order valence-electron chi connectivity index (χ0n) is 14.8. The van der Waals surface area contributed by atoms with Crippen molar-refractivity contribution in [3.63, 3.8) is 0 Å². The van der Waals surface area contributed by atoms with Crippen LogP contribution in [0.25, 0.3) is 5.82 Å². The minimum atomic E-state index is -4.52. The van der Waals surface area contributed by atoms with Crippen LogP contribution in [0.4, 0.5) is 13.2 Å². The molecule has 4 rings (SSSR count). The molecule has 2 aromatic heterocycles. The van der Waals surface area contributed by atoms with Gasteiger partial charge in [0.05, 0.1) is 10.6 Å². The molecule has 0 aromatic carbocycles. The molecule has 27 heavy (non-hydrogen) atoms. The molecule has 0 aliphatic heterocycles. The van der Waals surface area contributed by atoms with E-state index in [0.717, 1.165) is 38.4 Å². The lowest BCUT2D eigenvalue weighted by atomic mass is 9.70. The summed E-state index contributed by atoms with van der Waals surface area (Å²) in [5.41, 5.74) is 0.0491. The van der Waals surface area contributed by atoms with Crippen molar-refractivity contribution in [3.05, 3.63) is 35.3 Å². The zero-order valence-corrected chi connectivity index (χ0v) is 15.6. The number of sulfone groups is 1. The lowest BCUT2D eigenvalue weighted by Crippen LogP contribution is -2.26. The lowest BCUT2D eigenvalue weighted by Gasteiger charge is -2.36. The van der Waals surface area contributed by atoms with Gasteiger partial charge in [-0.15, -0.1) is 0 Å². The first-order valence-corrected chi connectivity index (χ1v) is 10.9. The molecule has 0 spiro atoms. The molecule has 2 atom stereocenters. The maximum absolute atomic E-state index is 13.6. The average Bonchev–Trinajstić information content (AvgIpc) is 3.01. The third-order valence-electron chi connectivity index (χ3n) is 5.68. The molecule has 2 aliphatic rings. The van der Waals surface area contributed by atoms with Crippen molar-refractivity contribution < 1.29 is 21.6 Å². The molecule has 0 saturated heterocycles. The van der Waals surface area contributed by atoms with Gasteiger partial charge >= 0.3 is 6.18 Å². The number of nitrogens with zero attached hydrogens (tertiary/aromatic N) is 3. The first-order chi connectivity index (χ1) is 12.7. The van der Waals surface area contributed by atoms with Crippen molar-refractivity contribution in [1.29, 1.82) is 0 Å². The predicted molar refractivity (Wildman–Crippen MR) is 92.5 cm³/mol. The number of rotatable bonds is 2. The highest BCUT2D eigenvalue weighted by atomic mass is 32.2. The van der Waals surface area contributed by atoms with E-state index in [0.29, 0.717) is 18.0 Å². The van der Waals surface area contributed by atoms with Gasteiger partial charge in [-0.2, -0.15) is 18.3 Å². The largest absolute Gasteiger partial charge is 0.435 e. The van der Waals surface area contributed by atoms with E-state index in [1.807, 2.05) is 0 Å². The van der Waals surface area contributed by atoms with Gasteiger partial charge in [0.25, 0.3) is 0 Å². The second-order valence-corrected chi connectivity index (χ2v) is 9.45. The van der Waals surface area contributed by atoms with Gasteiger partial charge in [-0.25, -0.2) is 18.1 Å². The first-order valence-electron chi connectivity index (χ1n) is 9.01. The molecule has 2 aliphatic carbocycles. The summed E-state index contributed by atoms with van der Waals surface area (Å²) < 4.78 is 65.3. The highest BCUT2D eigenvalue weighted by Crippen LogP contribution is 2.48. The molecule has 9 heteroatoms. The maximum atomic E-state index is 13.6. The molecule has 2 unspecified atom stereocenters. The summed E-state index contributed by atoms with van der Waals surface area (Å²) in [5.74, 6) is 0.640. The summed E-state index contributed by atoms with van der Waals surface area (Å²) in [7, 11) is -3.43. The van der Waals surface area contributed by atoms with E-state index in [1.165, 1.54) is 23.0 Å². The van der Waals surface area contributed by atoms with Crippen LogP contribution >= 0.6 is 0 Å².